The minimum absolute atomic E-state index is 0.141. The van der Waals surface area contributed by atoms with Crippen LogP contribution < -0.4 is 4.89 Å². The van der Waals surface area contributed by atoms with E-state index in [1.54, 1.807) is 0 Å². The van der Waals surface area contributed by atoms with Gasteiger partial charge in [0.25, 0.3) is 0 Å². The van der Waals surface area contributed by atoms with Gasteiger partial charge in [-0.2, -0.15) is 4.89 Å². The summed E-state index contributed by atoms with van der Waals surface area (Å²) in [6, 6.07) is 11.7. The third-order valence-electron chi connectivity index (χ3n) is 3.54. The number of hydrogen-bond acceptors (Lipinski definition) is 3. The van der Waals surface area contributed by atoms with Crippen molar-refractivity contribution in [3.8, 4) is 5.75 Å². The Bertz CT molecular complexity index is 674. The highest BCUT2D eigenvalue weighted by Crippen LogP contribution is 2.27. The maximum atomic E-state index is 12.4. The van der Waals surface area contributed by atoms with Gasteiger partial charge in [-0.25, -0.2) is 0 Å². The van der Waals surface area contributed by atoms with Crippen LogP contribution in [0.25, 0.3) is 0 Å². The van der Waals surface area contributed by atoms with E-state index in [-0.39, 0.29) is 5.78 Å². The van der Waals surface area contributed by atoms with Crippen molar-refractivity contribution in [2.24, 2.45) is 0 Å². The molecule has 1 aliphatic heterocycles. The van der Waals surface area contributed by atoms with Crippen molar-refractivity contribution in [3.63, 3.8) is 0 Å². The molecule has 0 saturated carbocycles. The smallest absolute Gasteiger partial charge is 0.171 e. The first-order chi connectivity index (χ1) is 9.63. The Morgan fingerprint density at radius 3 is 2.80 bits per heavy atom. The summed E-state index contributed by atoms with van der Waals surface area (Å²) in [4.78, 5) is 22.3. The van der Waals surface area contributed by atoms with Gasteiger partial charge in [-0.1, -0.05) is 29.8 Å². The highest BCUT2D eigenvalue weighted by molar-refractivity contribution is 5.98. The van der Waals surface area contributed by atoms with Crippen LogP contribution in [0.3, 0.4) is 0 Å². The van der Waals surface area contributed by atoms with Crippen LogP contribution in [0.4, 0.5) is 0 Å². The molecule has 0 radical (unpaired) electrons. The molecule has 102 valence electrons. The molecule has 2 aromatic carbocycles. The van der Waals surface area contributed by atoms with Crippen LogP contribution in [-0.2, 0) is 17.9 Å². The van der Waals surface area contributed by atoms with E-state index in [4.69, 9.17) is 9.78 Å². The van der Waals surface area contributed by atoms with Crippen molar-refractivity contribution in [1.82, 2.24) is 0 Å². The average Bonchev–Trinajstić information content (AvgIpc) is 2.85. The van der Waals surface area contributed by atoms with E-state index in [1.165, 1.54) is 5.56 Å². The van der Waals surface area contributed by atoms with Gasteiger partial charge in [-0.05, 0) is 37.1 Å². The van der Waals surface area contributed by atoms with Crippen LogP contribution >= 0.6 is 0 Å². The first-order valence-electron chi connectivity index (χ1n) is 6.65. The fourth-order valence-electron chi connectivity index (χ4n) is 2.50. The maximum Gasteiger partial charge on any atom is 0.171 e. The van der Waals surface area contributed by atoms with Crippen LogP contribution in [0.15, 0.2) is 36.4 Å². The summed E-state index contributed by atoms with van der Waals surface area (Å²) in [5.41, 5.74) is 4.98. The Morgan fingerprint density at radius 2 is 2.00 bits per heavy atom. The van der Waals surface area contributed by atoms with Crippen LogP contribution in [-0.4, -0.2) is 5.78 Å². The Kier molecular flexibility index (Phi) is 3.28. The van der Waals surface area contributed by atoms with E-state index in [0.717, 1.165) is 28.0 Å². The molecular formula is C17H16O3. The Morgan fingerprint density at radius 1 is 1.15 bits per heavy atom. The van der Waals surface area contributed by atoms with Crippen molar-refractivity contribution in [2.75, 3.05) is 0 Å². The van der Waals surface area contributed by atoms with Gasteiger partial charge in [-0.3, -0.25) is 4.79 Å². The summed E-state index contributed by atoms with van der Waals surface area (Å²) in [5.74, 6) is 0.884. The van der Waals surface area contributed by atoms with E-state index in [9.17, 15) is 4.79 Å². The van der Waals surface area contributed by atoms with E-state index in [0.29, 0.717) is 13.0 Å². The maximum absolute atomic E-state index is 12.4. The molecular weight excluding hydrogens is 252 g/mol. The number of aryl methyl sites for hydroxylation is 2. The molecule has 3 rings (SSSR count). The molecule has 0 amide bonds. The molecule has 0 aliphatic carbocycles. The van der Waals surface area contributed by atoms with Crippen LogP contribution in [0, 0.1) is 13.8 Å². The van der Waals surface area contributed by atoms with Gasteiger partial charge >= 0.3 is 0 Å². The summed E-state index contributed by atoms with van der Waals surface area (Å²) in [5, 5.41) is 0. The zero-order chi connectivity index (χ0) is 14.1. The number of carbonyl (C=O) groups is 1. The summed E-state index contributed by atoms with van der Waals surface area (Å²) in [6.07, 6.45) is 0.400. The van der Waals surface area contributed by atoms with Gasteiger partial charge in [0.15, 0.2) is 11.5 Å². The largest absolute Gasteiger partial charge is 0.337 e. The lowest BCUT2D eigenvalue weighted by Crippen LogP contribution is -2.06. The fraction of sp³-hybridized carbons (Fsp3) is 0.235. The number of ketones is 1. The number of hydrogen-bond donors (Lipinski definition) is 0. The van der Waals surface area contributed by atoms with Gasteiger partial charge in [0.05, 0.1) is 0 Å². The van der Waals surface area contributed by atoms with Crippen LogP contribution in [0.5, 0.6) is 5.75 Å². The second-order valence-corrected chi connectivity index (χ2v) is 5.21. The predicted molar refractivity (Wildman–Crippen MR) is 75.8 cm³/mol. The summed E-state index contributed by atoms with van der Waals surface area (Å²) in [7, 11) is 0. The number of benzene rings is 2. The zero-order valence-electron chi connectivity index (χ0n) is 11.6. The summed E-state index contributed by atoms with van der Waals surface area (Å²) in [6.45, 7) is 4.45. The topological polar surface area (TPSA) is 35.5 Å². The second-order valence-electron chi connectivity index (χ2n) is 5.21. The molecule has 3 heteroatoms. The number of rotatable bonds is 3. The first-order valence-corrected chi connectivity index (χ1v) is 6.65. The molecule has 20 heavy (non-hydrogen) atoms. The molecule has 0 bridgehead atoms. The third-order valence-corrected chi connectivity index (χ3v) is 3.54. The van der Waals surface area contributed by atoms with E-state index in [2.05, 4.69) is 0 Å². The number of carbonyl (C=O) groups excluding carboxylic acids is 1. The Labute approximate surface area is 118 Å². The van der Waals surface area contributed by atoms with E-state index >= 15 is 0 Å². The SMILES string of the molecule is Cc1ccc(C(=O)Cc2ccc3c(c2)COO3)c(C)c1. The van der Waals surface area contributed by atoms with Crippen molar-refractivity contribution in [2.45, 2.75) is 26.9 Å². The lowest BCUT2D eigenvalue weighted by atomic mass is 9.97. The molecule has 0 atom stereocenters. The van der Waals surface area contributed by atoms with Crippen molar-refractivity contribution in [1.29, 1.82) is 0 Å². The quantitative estimate of drug-likeness (QED) is 0.630. The monoisotopic (exact) mass is 268 g/mol. The van der Waals surface area contributed by atoms with Crippen molar-refractivity contribution in [3.05, 3.63) is 64.2 Å². The Balaban J connectivity index is 1.82. The number of fused-ring (bicyclic) bond motifs is 1. The van der Waals surface area contributed by atoms with Gasteiger partial charge in [0, 0.05) is 17.5 Å². The second kappa shape index (κ2) is 5.10. The first kappa shape index (κ1) is 12.9. The molecule has 1 heterocycles. The predicted octanol–water partition coefficient (Wildman–Crippen LogP) is 3.55. The van der Waals surface area contributed by atoms with Gasteiger partial charge in [0.1, 0.15) is 6.61 Å². The molecule has 3 nitrogen and oxygen atoms in total. The summed E-state index contributed by atoms with van der Waals surface area (Å²) < 4.78 is 0. The molecule has 0 aromatic heterocycles. The Hall–Kier alpha value is -2.13. The minimum Gasteiger partial charge on any atom is -0.337 e. The summed E-state index contributed by atoms with van der Waals surface area (Å²) >= 11 is 0. The average molecular weight is 268 g/mol. The fourth-order valence-corrected chi connectivity index (χ4v) is 2.50. The molecule has 2 aromatic rings. The van der Waals surface area contributed by atoms with Crippen LogP contribution in [0.1, 0.15) is 32.6 Å². The molecule has 1 aliphatic rings. The van der Waals surface area contributed by atoms with Gasteiger partial charge in [-0.15, -0.1) is 0 Å². The normalized spacial score (nSPS) is 12.9. The lowest BCUT2D eigenvalue weighted by Gasteiger charge is -2.07. The molecule has 0 unspecified atom stereocenters. The highest BCUT2D eigenvalue weighted by atomic mass is 17.2. The lowest BCUT2D eigenvalue weighted by molar-refractivity contribution is -0.194. The molecule has 0 spiro atoms. The van der Waals surface area contributed by atoms with Gasteiger partial charge < -0.3 is 4.89 Å². The van der Waals surface area contributed by atoms with Gasteiger partial charge in [0.2, 0.25) is 0 Å². The van der Waals surface area contributed by atoms with Crippen molar-refractivity contribution < 1.29 is 14.6 Å². The molecule has 0 N–H and O–H groups in total. The zero-order valence-corrected chi connectivity index (χ0v) is 11.6. The van der Waals surface area contributed by atoms with E-state index < -0.39 is 0 Å². The molecule has 0 saturated heterocycles. The number of Topliss-reactive ketones (excluding diaryl/α,β-unsaturated/α-hetero) is 1. The third kappa shape index (κ3) is 2.45. The molecule has 0 fully saturated rings. The van der Waals surface area contributed by atoms with Crippen LogP contribution in [0.2, 0.25) is 0 Å². The standard InChI is InChI=1S/C17H16O3/c1-11-3-5-15(12(2)7-11)16(18)9-13-4-6-17-14(8-13)10-19-20-17/h3-8H,9-10H2,1-2H3. The van der Waals surface area contributed by atoms with E-state index in [1.807, 2.05) is 50.2 Å². The van der Waals surface area contributed by atoms with Crippen molar-refractivity contribution >= 4 is 5.78 Å². The minimum atomic E-state index is 0.141. The highest BCUT2D eigenvalue weighted by Gasteiger charge is 2.16.